The summed E-state index contributed by atoms with van der Waals surface area (Å²) in [4.78, 5) is 21.0. The number of rotatable bonds is 7. The zero-order chi connectivity index (χ0) is 29.6. The van der Waals surface area contributed by atoms with Crippen LogP contribution in [0.5, 0.6) is 0 Å². The summed E-state index contributed by atoms with van der Waals surface area (Å²) in [6.45, 7) is 8.90. The molecule has 0 spiro atoms. The number of aryl methyl sites for hydroxylation is 1. The Bertz CT molecular complexity index is 1520. The van der Waals surface area contributed by atoms with Crippen molar-refractivity contribution < 1.29 is 9.90 Å². The Labute approximate surface area is 248 Å². The van der Waals surface area contributed by atoms with E-state index in [0.29, 0.717) is 42.7 Å². The quantitative estimate of drug-likeness (QED) is 0.431. The number of β-amino-alcohol motifs (C(OH)–C–C–N with tert-alkyl or cyclic N) is 1. The van der Waals surface area contributed by atoms with Crippen LogP contribution in [-0.4, -0.2) is 54.9 Å². The molecule has 2 aromatic heterocycles. The maximum Gasteiger partial charge on any atom is 0.274 e. The zero-order valence-electron chi connectivity index (χ0n) is 25.1. The summed E-state index contributed by atoms with van der Waals surface area (Å²) in [7, 11) is 1.95. The second-order valence-corrected chi connectivity index (χ2v) is 13.6. The van der Waals surface area contributed by atoms with Gasteiger partial charge in [0.05, 0.1) is 23.3 Å². The van der Waals surface area contributed by atoms with Gasteiger partial charge in [-0.15, -0.1) is 10.2 Å². The third kappa shape index (κ3) is 5.23. The SMILES string of the molecule is C[C@H]1C[C@H](O)CN(Cc2cc(C(=O)Nc3cccc(C4(c5nncn5C)CC(CC#N)C4)c3)nc3c2CCC3(C)C)C1. The summed E-state index contributed by atoms with van der Waals surface area (Å²) in [6, 6.07) is 12.3. The molecule has 0 radical (unpaired) electrons. The van der Waals surface area contributed by atoms with E-state index in [0.717, 1.165) is 61.3 Å². The van der Waals surface area contributed by atoms with Crippen molar-refractivity contribution in [1.82, 2.24) is 24.6 Å². The number of aliphatic hydroxyl groups excluding tert-OH is 1. The number of pyridine rings is 1. The lowest BCUT2D eigenvalue weighted by Gasteiger charge is -2.46. The fourth-order valence-electron chi connectivity index (χ4n) is 7.63. The van der Waals surface area contributed by atoms with Gasteiger partial charge in [0.25, 0.3) is 5.91 Å². The Kier molecular flexibility index (Phi) is 7.40. The topological polar surface area (TPSA) is 120 Å². The van der Waals surface area contributed by atoms with Crippen LogP contribution in [0.1, 0.15) is 91.6 Å². The number of nitrogens with zero attached hydrogens (tertiary/aromatic N) is 6. The molecule has 3 heterocycles. The van der Waals surface area contributed by atoms with Crippen molar-refractivity contribution in [2.45, 2.75) is 82.8 Å². The minimum absolute atomic E-state index is 0.0956. The number of anilines is 1. The lowest BCUT2D eigenvalue weighted by atomic mass is 9.57. The van der Waals surface area contributed by atoms with E-state index in [1.54, 1.807) is 6.33 Å². The van der Waals surface area contributed by atoms with Gasteiger partial charge in [0, 0.05) is 44.2 Å². The molecule has 9 heteroatoms. The van der Waals surface area contributed by atoms with E-state index in [2.05, 4.69) is 53.3 Å². The van der Waals surface area contributed by atoms with Gasteiger partial charge in [-0.1, -0.05) is 32.9 Å². The van der Waals surface area contributed by atoms with E-state index < -0.39 is 0 Å². The Balaban J connectivity index is 1.28. The first kappa shape index (κ1) is 28.5. The van der Waals surface area contributed by atoms with Gasteiger partial charge >= 0.3 is 0 Å². The van der Waals surface area contributed by atoms with Crippen molar-refractivity contribution in [3.8, 4) is 6.07 Å². The van der Waals surface area contributed by atoms with Crippen molar-refractivity contribution in [1.29, 1.82) is 5.26 Å². The molecule has 220 valence electrons. The first-order valence-electron chi connectivity index (χ1n) is 15.1. The molecule has 1 saturated heterocycles. The highest BCUT2D eigenvalue weighted by atomic mass is 16.3. The fourth-order valence-corrected chi connectivity index (χ4v) is 7.63. The number of fused-ring (bicyclic) bond motifs is 1. The predicted molar refractivity (Wildman–Crippen MR) is 160 cm³/mol. The summed E-state index contributed by atoms with van der Waals surface area (Å²) in [5.41, 5.74) is 5.18. The third-order valence-corrected chi connectivity index (χ3v) is 9.66. The van der Waals surface area contributed by atoms with Crippen molar-refractivity contribution in [2.24, 2.45) is 18.9 Å². The van der Waals surface area contributed by atoms with Crippen molar-refractivity contribution >= 4 is 11.6 Å². The number of hydrogen-bond acceptors (Lipinski definition) is 7. The Morgan fingerprint density at radius 3 is 2.76 bits per heavy atom. The number of likely N-dealkylation sites (tertiary alicyclic amines) is 1. The van der Waals surface area contributed by atoms with Crippen LogP contribution >= 0.6 is 0 Å². The molecule has 42 heavy (non-hydrogen) atoms. The summed E-state index contributed by atoms with van der Waals surface area (Å²) >= 11 is 0. The lowest BCUT2D eigenvalue weighted by molar-refractivity contribution is 0.0407. The molecular weight excluding hydrogens is 526 g/mol. The molecule has 1 aromatic carbocycles. The number of aliphatic hydroxyl groups is 1. The Morgan fingerprint density at radius 1 is 1.24 bits per heavy atom. The van der Waals surface area contributed by atoms with E-state index in [1.807, 2.05) is 35.9 Å². The molecule has 1 aliphatic heterocycles. The van der Waals surface area contributed by atoms with Gasteiger partial charge in [0.2, 0.25) is 0 Å². The molecule has 9 nitrogen and oxygen atoms in total. The molecule has 2 atom stereocenters. The molecule has 2 fully saturated rings. The van der Waals surface area contributed by atoms with E-state index in [9.17, 15) is 15.2 Å². The largest absolute Gasteiger partial charge is 0.392 e. The van der Waals surface area contributed by atoms with Crippen LogP contribution in [0.15, 0.2) is 36.7 Å². The van der Waals surface area contributed by atoms with Crippen molar-refractivity contribution in [2.75, 3.05) is 18.4 Å². The summed E-state index contributed by atoms with van der Waals surface area (Å²) in [6.07, 6.45) is 6.35. The Morgan fingerprint density at radius 2 is 2.05 bits per heavy atom. The molecule has 1 amide bonds. The maximum absolute atomic E-state index is 13.7. The predicted octanol–water partition coefficient (Wildman–Crippen LogP) is 4.50. The average molecular weight is 568 g/mol. The third-order valence-electron chi connectivity index (χ3n) is 9.66. The molecule has 3 aliphatic rings. The molecule has 0 unspecified atom stereocenters. The molecule has 1 saturated carbocycles. The van der Waals surface area contributed by atoms with Crippen LogP contribution in [-0.2, 0) is 30.8 Å². The van der Waals surface area contributed by atoms with Crippen LogP contribution < -0.4 is 5.32 Å². The minimum Gasteiger partial charge on any atom is -0.392 e. The number of carbonyl (C=O) groups is 1. The van der Waals surface area contributed by atoms with Crippen LogP contribution in [0.3, 0.4) is 0 Å². The number of nitrogens with one attached hydrogen (secondary N) is 1. The number of hydrogen-bond donors (Lipinski definition) is 2. The lowest BCUT2D eigenvalue weighted by Crippen LogP contribution is -2.44. The second-order valence-electron chi connectivity index (χ2n) is 13.6. The molecule has 0 bridgehead atoms. The number of aromatic nitrogens is 4. The van der Waals surface area contributed by atoms with E-state index >= 15 is 0 Å². The van der Waals surface area contributed by atoms with E-state index in [4.69, 9.17) is 4.98 Å². The number of carbonyl (C=O) groups excluding carboxylic acids is 1. The minimum atomic E-state index is -0.341. The van der Waals surface area contributed by atoms with Crippen molar-refractivity contribution in [3.05, 3.63) is 70.6 Å². The van der Waals surface area contributed by atoms with Gasteiger partial charge in [0.15, 0.2) is 0 Å². The monoisotopic (exact) mass is 567 g/mol. The highest BCUT2D eigenvalue weighted by Gasteiger charge is 2.49. The normalized spacial score (nSPS) is 26.7. The fraction of sp³-hybridized carbons (Fsp3) is 0.545. The van der Waals surface area contributed by atoms with Gasteiger partial charge in [-0.25, -0.2) is 4.98 Å². The number of amides is 1. The molecule has 2 N–H and O–H groups in total. The van der Waals surface area contributed by atoms with E-state index in [-0.39, 0.29) is 22.8 Å². The average Bonchev–Trinajstić information content (AvgIpc) is 3.48. The molecular formula is C33H41N7O2. The molecule has 6 rings (SSSR count). The summed E-state index contributed by atoms with van der Waals surface area (Å²) < 4.78 is 1.95. The first-order valence-corrected chi connectivity index (χ1v) is 15.1. The number of piperidine rings is 1. The molecule has 2 aliphatic carbocycles. The van der Waals surface area contributed by atoms with Crippen LogP contribution in [0.4, 0.5) is 5.69 Å². The maximum atomic E-state index is 13.7. The first-order chi connectivity index (χ1) is 20.1. The van der Waals surface area contributed by atoms with Gasteiger partial charge in [0.1, 0.15) is 17.8 Å². The van der Waals surface area contributed by atoms with Crippen LogP contribution in [0.25, 0.3) is 0 Å². The Hall–Kier alpha value is -3.61. The van der Waals surface area contributed by atoms with Crippen molar-refractivity contribution in [3.63, 3.8) is 0 Å². The summed E-state index contributed by atoms with van der Waals surface area (Å²) in [5.74, 6) is 1.40. The van der Waals surface area contributed by atoms with E-state index in [1.165, 1.54) is 5.56 Å². The zero-order valence-corrected chi connectivity index (χ0v) is 25.1. The van der Waals surface area contributed by atoms with Crippen LogP contribution in [0.2, 0.25) is 0 Å². The highest BCUT2D eigenvalue weighted by Crippen LogP contribution is 2.53. The van der Waals surface area contributed by atoms with Crippen LogP contribution in [0, 0.1) is 23.2 Å². The van der Waals surface area contributed by atoms with Gasteiger partial charge < -0.3 is 15.0 Å². The molecule has 3 aromatic rings. The number of nitriles is 1. The van der Waals surface area contributed by atoms with Gasteiger partial charge in [-0.3, -0.25) is 9.69 Å². The standard InChI is InChI=1S/C33H41N7O2/c1-21-12-26(41)19-40(17-21)18-23-13-28(37-29-27(23)8-10-32(29,2)3)30(42)36-25-7-5-6-24(14-25)33(15-22(16-33)9-11-34)31-38-35-20-39(31)4/h5-7,13-14,20-22,26,41H,8-10,12,15-19H2,1-4H3,(H,36,42)/t21-,22?,26-,33?/m0/s1. The second kappa shape index (κ2) is 10.9. The smallest absolute Gasteiger partial charge is 0.274 e. The van der Waals surface area contributed by atoms with Gasteiger partial charge in [-0.05, 0) is 78.8 Å². The summed E-state index contributed by atoms with van der Waals surface area (Å²) in [5, 5.41) is 31.3. The number of benzene rings is 1. The van der Waals surface area contributed by atoms with Gasteiger partial charge in [-0.2, -0.15) is 5.26 Å². The highest BCUT2D eigenvalue weighted by molar-refractivity contribution is 6.03.